The molecule has 0 saturated heterocycles. The van der Waals surface area contributed by atoms with Crippen LogP contribution in [0, 0.1) is 0 Å². The summed E-state index contributed by atoms with van der Waals surface area (Å²) in [5.74, 6) is -1.01. The van der Waals surface area contributed by atoms with Crippen molar-refractivity contribution in [3.63, 3.8) is 0 Å². The van der Waals surface area contributed by atoms with Gasteiger partial charge in [0.1, 0.15) is 12.6 Å². The molecule has 4 rings (SSSR count). The number of aliphatic hydroxyl groups excluding tert-OH is 1. The van der Waals surface area contributed by atoms with Gasteiger partial charge in [0.05, 0.1) is 17.9 Å². The van der Waals surface area contributed by atoms with Crippen LogP contribution >= 0.6 is 0 Å². The largest absolute Gasteiger partial charge is 0.395 e. The number of carbonyl (C=O) groups is 3. The van der Waals surface area contributed by atoms with E-state index in [2.05, 4.69) is 5.32 Å². The van der Waals surface area contributed by atoms with E-state index in [1.54, 1.807) is 24.3 Å². The van der Waals surface area contributed by atoms with Crippen LogP contribution in [0.15, 0.2) is 84.9 Å². The van der Waals surface area contributed by atoms with Gasteiger partial charge in [0.25, 0.3) is 5.91 Å². The van der Waals surface area contributed by atoms with Crippen molar-refractivity contribution in [1.29, 1.82) is 0 Å². The first-order valence-corrected chi connectivity index (χ1v) is 11.2. The van der Waals surface area contributed by atoms with Crippen LogP contribution < -0.4 is 10.2 Å². The third-order valence-corrected chi connectivity index (χ3v) is 5.82. The molecule has 174 valence electrons. The SMILES string of the molecule is O=C1N[C@@H](Cc2ccccc2)C(=O)N(CC(=O)N(CCO)Cc2ccccc2)c2ccccc21. The van der Waals surface area contributed by atoms with Gasteiger partial charge in [-0.15, -0.1) is 0 Å². The minimum Gasteiger partial charge on any atom is -0.395 e. The number of hydrogen-bond donors (Lipinski definition) is 2. The Labute approximate surface area is 198 Å². The van der Waals surface area contributed by atoms with Crippen LogP contribution in [0.2, 0.25) is 0 Å². The zero-order chi connectivity index (χ0) is 23.9. The summed E-state index contributed by atoms with van der Waals surface area (Å²) in [6.07, 6.45) is 0.314. The number of rotatable bonds is 8. The Morgan fingerprint density at radius 2 is 1.50 bits per heavy atom. The number of nitrogens with one attached hydrogen (secondary N) is 1. The van der Waals surface area contributed by atoms with Crippen molar-refractivity contribution in [1.82, 2.24) is 10.2 Å². The van der Waals surface area contributed by atoms with E-state index < -0.39 is 6.04 Å². The molecular weight excluding hydrogens is 430 g/mol. The van der Waals surface area contributed by atoms with E-state index in [9.17, 15) is 19.5 Å². The monoisotopic (exact) mass is 457 g/mol. The second-order valence-corrected chi connectivity index (χ2v) is 8.18. The average Bonchev–Trinajstić information content (AvgIpc) is 2.96. The summed E-state index contributed by atoms with van der Waals surface area (Å²) >= 11 is 0. The van der Waals surface area contributed by atoms with Gasteiger partial charge in [-0.05, 0) is 23.3 Å². The van der Waals surface area contributed by atoms with Crippen molar-refractivity contribution in [3.8, 4) is 0 Å². The normalized spacial score (nSPS) is 15.3. The van der Waals surface area contributed by atoms with Crippen LogP contribution in [0.3, 0.4) is 0 Å². The van der Waals surface area contributed by atoms with E-state index >= 15 is 0 Å². The zero-order valence-electron chi connectivity index (χ0n) is 18.8. The molecule has 3 aromatic rings. The van der Waals surface area contributed by atoms with Crippen molar-refractivity contribution in [2.75, 3.05) is 24.6 Å². The van der Waals surface area contributed by atoms with Crippen LogP contribution in [-0.2, 0) is 22.6 Å². The second-order valence-electron chi connectivity index (χ2n) is 8.18. The van der Waals surface area contributed by atoms with Gasteiger partial charge in [-0.25, -0.2) is 0 Å². The lowest BCUT2D eigenvalue weighted by atomic mass is 10.0. The number of fused-ring (bicyclic) bond motifs is 1. The summed E-state index contributed by atoms with van der Waals surface area (Å²) < 4.78 is 0. The molecule has 7 nitrogen and oxygen atoms in total. The predicted octanol–water partition coefficient (Wildman–Crippen LogP) is 2.40. The average molecular weight is 458 g/mol. The van der Waals surface area contributed by atoms with Crippen molar-refractivity contribution in [3.05, 3.63) is 102 Å². The smallest absolute Gasteiger partial charge is 0.254 e. The molecule has 1 atom stereocenters. The summed E-state index contributed by atoms with van der Waals surface area (Å²) in [6, 6.07) is 24.9. The fourth-order valence-corrected chi connectivity index (χ4v) is 4.11. The zero-order valence-corrected chi connectivity index (χ0v) is 18.8. The molecule has 3 amide bonds. The summed E-state index contributed by atoms with van der Waals surface area (Å²) in [7, 11) is 0. The Hall–Kier alpha value is -3.97. The van der Waals surface area contributed by atoms with Crippen LogP contribution in [0.4, 0.5) is 5.69 Å². The van der Waals surface area contributed by atoms with Crippen LogP contribution in [0.25, 0.3) is 0 Å². The molecule has 0 unspecified atom stereocenters. The van der Waals surface area contributed by atoms with Crippen LogP contribution in [0.1, 0.15) is 21.5 Å². The topological polar surface area (TPSA) is 90.0 Å². The van der Waals surface area contributed by atoms with Crippen molar-refractivity contribution in [2.24, 2.45) is 0 Å². The maximum Gasteiger partial charge on any atom is 0.254 e. The molecule has 0 aromatic heterocycles. The number of hydrogen-bond acceptors (Lipinski definition) is 4. The lowest BCUT2D eigenvalue weighted by Gasteiger charge is -2.28. The Morgan fingerprint density at radius 1 is 0.882 bits per heavy atom. The number of para-hydroxylation sites is 1. The first-order chi connectivity index (χ1) is 16.6. The van der Waals surface area contributed by atoms with Gasteiger partial charge in [0.15, 0.2) is 0 Å². The Kier molecular flexibility index (Phi) is 7.34. The minimum atomic E-state index is -0.810. The van der Waals surface area contributed by atoms with E-state index in [-0.39, 0.29) is 37.4 Å². The van der Waals surface area contributed by atoms with Crippen molar-refractivity contribution >= 4 is 23.4 Å². The molecule has 1 heterocycles. The number of carbonyl (C=O) groups excluding carboxylic acids is 3. The van der Waals surface area contributed by atoms with E-state index in [0.29, 0.717) is 24.2 Å². The Bertz CT molecular complexity index is 1150. The first-order valence-electron chi connectivity index (χ1n) is 11.2. The second kappa shape index (κ2) is 10.8. The van der Waals surface area contributed by atoms with Gasteiger partial charge in [0, 0.05) is 19.5 Å². The van der Waals surface area contributed by atoms with Crippen molar-refractivity contribution < 1.29 is 19.5 Å². The number of benzene rings is 3. The molecule has 0 aliphatic carbocycles. The van der Waals surface area contributed by atoms with Gasteiger partial charge in [-0.1, -0.05) is 72.8 Å². The first kappa shape index (κ1) is 23.2. The molecule has 0 radical (unpaired) electrons. The van der Waals surface area contributed by atoms with E-state index in [4.69, 9.17) is 0 Å². The predicted molar refractivity (Wildman–Crippen MR) is 129 cm³/mol. The number of anilines is 1. The van der Waals surface area contributed by atoms with Gasteiger partial charge in [-0.2, -0.15) is 0 Å². The number of nitrogens with zero attached hydrogens (tertiary/aromatic N) is 2. The van der Waals surface area contributed by atoms with Gasteiger partial charge in [0.2, 0.25) is 11.8 Å². The lowest BCUT2D eigenvalue weighted by Crippen LogP contribution is -2.50. The Balaban J connectivity index is 1.62. The van der Waals surface area contributed by atoms with Crippen LogP contribution in [-0.4, -0.2) is 53.5 Å². The maximum absolute atomic E-state index is 13.6. The molecule has 2 N–H and O–H groups in total. The van der Waals surface area contributed by atoms with Gasteiger partial charge in [-0.3, -0.25) is 14.4 Å². The minimum absolute atomic E-state index is 0.141. The fraction of sp³-hybridized carbons (Fsp3) is 0.222. The highest BCUT2D eigenvalue weighted by atomic mass is 16.3. The highest BCUT2D eigenvalue weighted by Crippen LogP contribution is 2.25. The van der Waals surface area contributed by atoms with Gasteiger partial charge < -0.3 is 20.2 Å². The highest BCUT2D eigenvalue weighted by Gasteiger charge is 2.35. The summed E-state index contributed by atoms with van der Waals surface area (Å²) in [5, 5.41) is 12.4. The molecule has 3 aromatic carbocycles. The lowest BCUT2D eigenvalue weighted by molar-refractivity contribution is -0.132. The molecule has 34 heavy (non-hydrogen) atoms. The Morgan fingerprint density at radius 3 is 2.18 bits per heavy atom. The molecule has 1 aliphatic rings. The molecule has 0 spiro atoms. The molecule has 0 saturated carbocycles. The standard InChI is InChI=1S/C27H27N3O4/c31-16-15-29(18-21-11-5-2-6-12-21)25(32)19-30-24-14-8-7-13-22(24)26(33)28-23(27(30)34)17-20-9-3-1-4-10-20/h1-14,23,31H,15-19H2,(H,28,33)/t23-/m0/s1. The maximum atomic E-state index is 13.6. The summed E-state index contributed by atoms with van der Waals surface area (Å²) in [5.41, 5.74) is 2.57. The molecule has 1 aliphatic heterocycles. The highest BCUT2D eigenvalue weighted by molar-refractivity contribution is 6.12. The van der Waals surface area contributed by atoms with Gasteiger partial charge >= 0.3 is 0 Å². The van der Waals surface area contributed by atoms with E-state index in [0.717, 1.165) is 11.1 Å². The fourth-order valence-electron chi connectivity index (χ4n) is 4.11. The quantitative estimate of drug-likeness (QED) is 0.544. The summed E-state index contributed by atoms with van der Waals surface area (Å²) in [4.78, 5) is 42.8. The molecular formula is C27H27N3O4. The van der Waals surface area contributed by atoms with E-state index in [1.807, 2.05) is 60.7 Å². The third kappa shape index (κ3) is 5.32. The number of aliphatic hydroxyl groups is 1. The molecule has 0 bridgehead atoms. The third-order valence-electron chi connectivity index (χ3n) is 5.82. The van der Waals surface area contributed by atoms with Crippen molar-refractivity contribution in [2.45, 2.75) is 19.0 Å². The summed E-state index contributed by atoms with van der Waals surface area (Å²) in [6.45, 7) is 0.0271. The van der Waals surface area contributed by atoms with E-state index in [1.165, 1.54) is 9.80 Å². The molecule has 7 heteroatoms. The number of amides is 3. The molecule has 0 fully saturated rings. The van der Waals surface area contributed by atoms with Crippen LogP contribution in [0.5, 0.6) is 0 Å².